The van der Waals surface area contributed by atoms with E-state index in [1.54, 1.807) is 18.2 Å². The second kappa shape index (κ2) is 11.1. The zero-order valence-corrected chi connectivity index (χ0v) is 19.0. The number of aryl methyl sites for hydroxylation is 3. The summed E-state index contributed by atoms with van der Waals surface area (Å²) in [5, 5.41) is 21.1. The van der Waals surface area contributed by atoms with Crippen LogP contribution in [0.3, 0.4) is 0 Å². The van der Waals surface area contributed by atoms with Crippen molar-refractivity contribution in [1.29, 1.82) is 5.26 Å². The normalized spacial score (nSPS) is 11.0. The number of benzene rings is 2. The summed E-state index contributed by atoms with van der Waals surface area (Å²) >= 11 is 1.29. The van der Waals surface area contributed by atoms with Gasteiger partial charge in [0, 0.05) is 0 Å². The third-order valence-corrected chi connectivity index (χ3v) is 5.45. The number of carbonyl (C=O) groups excluding carboxylic acids is 1. The van der Waals surface area contributed by atoms with Gasteiger partial charge < -0.3 is 9.47 Å². The second-order valence-electron chi connectivity index (χ2n) is 7.02. The van der Waals surface area contributed by atoms with Crippen LogP contribution < -0.4 is 14.8 Å². The summed E-state index contributed by atoms with van der Waals surface area (Å²) in [4.78, 5) is 12.4. The molecule has 7 nitrogen and oxygen atoms in total. The van der Waals surface area contributed by atoms with E-state index in [9.17, 15) is 10.1 Å². The van der Waals surface area contributed by atoms with Crippen molar-refractivity contribution in [2.45, 2.75) is 27.2 Å². The molecule has 0 atom stereocenters. The first-order valence-corrected chi connectivity index (χ1v) is 11.0. The number of carbonyl (C=O) groups is 1. The number of anilines is 1. The van der Waals surface area contributed by atoms with Gasteiger partial charge in [-0.2, -0.15) is 5.26 Å². The molecule has 1 N–H and O–H groups in total. The smallest absolute Gasteiger partial charge is 0.268 e. The van der Waals surface area contributed by atoms with Crippen molar-refractivity contribution < 1.29 is 14.3 Å². The van der Waals surface area contributed by atoms with Gasteiger partial charge in [0.05, 0.1) is 0 Å². The highest BCUT2D eigenvalue weighted by atomic mass is 32.1. The average molecular weight is 449 g/mol. The Balaban J connectivity index is 1.58. The fourth-order valence-electron chi connectivity index (χ4n) is 2.89. The van der Waals surface area contributed by atoms with Crippen LogP contribution in [0, 0.1) is 25.2 Å². The molecule has 0 radical (unpaired) electrons. The van der Waals surface area contributed by atoms with Crippen LogP contribution >= 0.6 is 11.3 Å². The van der Waals surface area contributed by atoms with E-state index in [1.807, 2.05) is 45.0 Å². The van der Waals surface area contributed by atoms with Gasteiger partial charge in [-0.05, 0) is 55.7 Å². The molecular weight excluding hydrogens is 424 g/mol. The SMILES string of the molecule is CCc1nnc(NC(=O)/C(C#N)=C\c2cccc(OCCOc3ccc(C)cc3C)c2)s1. The van der Waals surface area contributed by atoms with E-state index in [0.29, 0.717) is 29.7 Å². The topological polar surface area (TPSA) is 97.1 Å². The Morgan fingerprint density at radius 3 is 2.69 bits per heavy atom. The molecule has 1 amide bonds. The van der Waals surface area contributed by atoms with E-state index in [-0.39, 0.29) is 5.57 Å². The number of ether oxygens (including phenoxy) is 2. The molecule has 0 fully saturated rings. The second-order valence-corrected chi connectivity index (χ2v) is 8.08. The molecule has 0 aliphatic heterocycles. The van der Waals surface area contributed by atoms with Gasteiger partial charge in [-0.3, -0.25) is 10.1 Å². The molecule has 0 unspecified atom stereocenters. The maximum Gasteiger partial charge on any atom is 0.268 e. The maximum atomic E-state index is 12.4. The minimum atomic E-state index is -0.528. The van der Waals surface area contributed by atoms with Crippen molar-refractivity contribution in [3.63, 3.8) is 0 Å². The fraction of sp³-hybridized carbons (Fsp3) is 0.250. The average Bonchev–Trinajstić information content (AvgIpc) is 3.24. The van der Waals surface area contributed by atoms with Crippen LogP contribution in [0.5, 0.6) is 11.5 Å². The summed E-state index contributed by atoms with van der Waals surface area (Å²) in [7, 11) is 0. The lowest BCUT2D eigenvalue weighted by molar-refractivity contribution is -0.112. The highest BCUT2D eigenvalue weighted by Gasteiger charge is 2.12. The lowest BCUT2D eigenvalue weighted by atomic mass is 10.1. The summed E-state index contributed by atoms with van der Waals surface area (Å²) in [6.07, 6.45) is 2.24. The summed E-state index contributed by atoms with van der Waals surface area (Å²) in [6, 6.07) is 15.1. The van der Waals surface area contributed by atoms with Crippen LogP contribution in [-0.4, -0.2) is 29.3 Å². The molecule has 1 aromatic heterocycles. The standard InChI is InChI=1S/C24H24N4O3S/c1-4-22-27-28-24(32-22)26-23(29)19(15-25)13-18-6-5-7-20(14-18)30-10-11-31-21-9-8-16(2)12-17(21)3/h5-9,12-14H,4,10-11H2,1-3H3,(H,26,28,29)/b19-13-. The van der Waals surface area contributed by atoms with Crippen LogP contribution in [-0.2, 0) is 11.2 Å². The molecule has 0 aliphatic carbocycles. The summed E-state index contributed by atoms with van der Waals surface area (Å²) in [6.45, 7) is 6.77. The molecule has 0 saturated carbocycles. The van der Waals surface area contributed by atoms with Gasteiger partial charge in [-0.25, -0.2) is 0 Å². The Bertz CT molecular complexity index is 1160. The zero-order valence-electron chi connectivity index (χ0n) is 18.2. The van der Waals surface area contributed by atoms with Crippen LogP contribution in [0.2, 0.25) is 0 Å². The molecule has 0 spiro atoms. The third-order valence-electron chi connectivity index (χ3n) is 4.46. The van der Waals surface area contributed by atoms with Crippen LogP contribution in [0.1, 0.15) is 28.6 Å². The van der Waals surface area contributed by atoms with Gasteiger partial charge >= 0.3 is 0 Å². The predicted octanol–water partition coefficient (Wildman–Crippen LogP) is 4.72. The van der Waals surface area contributed by atoms with Crippen LogP contribution in [0.4, 0.5) is 5.13 Å². The first kappa shape index (κ1) is 23.0. The summed E-state index contributed by atoms with van der Waals surface area (Å²) < 4.78 is 11.5. The Hall–Kier alpha value is -3.70. The zero-order chi connectivity index (χ0) is 22.9. The Labute approximate surface area is 191 Å². The van der Waals surface area contributed by atoms with E-state index in [2.05, 4.69) is 21.6 Å². The number of aromatic nitrogens is 2. The lowest BCUT2D eigenvalue weighted by Gasteiger charge is -2.11. The lowest BCUT2D eigenvalue weighted by Crippen LogP contribution is -2.13. The van der Waals surface area contributed by atoms with Crippen LogP contribution in [0.15, 0.2) is 48.0 Å². The van der Waals surface area contributed by atoms with Crippen molar-refractivity contribution in [2.24, 2.45) is 0 Å². The molecule has 3 rings (SSSR count). The first-order chi connectivity index (χ1) is 15.5. The van der Waals surface area contributed by atoms with E-state index in [1.165, 1.54) is 23.0 Å². The number of amides is 1. The fourth-order valence-corrected chi connectivity index (χ4v) is 3.57. The molecule has 3 aromatic rings. The van der Waals surface area contributed by atoms with Gasteiger partial charge in [0.25, 0.3) is 5.91 Å². The highest BCUT2D eigenvalue weighted by molar-refractivity contribution is 7.15. The molecule has 2 aromatic carbocycles. The van der Waals surface area contributed by atoms with Crippen molar-refractivity contribution in [3.05, 3.63) is 69.7 Å². The molecule has 0 bridgehead atoms. The van der Waals surface area contributed by atoms with E-state index in [4.69, 9.17) is 9.47 Å². The number of nitrogens with zero attached hydrogens (tertiary/aromatic N) is 3. The molecular formula is C24H24N4O3S. The maximum absolute atomic E-state index is 12.4. The molecule has 8 heteroatoms. The number of hydrogen-bond donors (Lipinski definition) is 1. The molecule has 164 valence electrons. The van der Waals surface area contributed by atoms with E-state index in [0.717, 1.165) is 22.7 Å². The van der Waals surface area contributed by atoms with E-state index < -0.39 is 5.91 Å². The van der Waals surface area contributed by atoms with Gasteiger partial charge in [-0.15, -0.1) is 10.2 Å². The van der Waals surface area contributed by atoms with Crippen molar-refractivity contribution in [1.82, 2.24) is 10.2 Å². The predicted molar refractivity (Wildman–Crippen MR) is 125 cm³/mol. The van der Waals surface area contributed by atoms with Gasteiger partial charge in [0.2, 0.25) is 5.13 Å². The Kier molecular flexibility index (Phi) is 7.95. The highest BCUT2D eigenvalue weighted by Crippen LogP contribution is 2.20. The van der Waals surface area contributed by atoms with Crippen molar-refractivity contribution in [2.75, 3.05) is 18.5 Å². The minimum Gasteiger partial charge on any atom is -0.490 e. The Morgan fingerprint density at radius 1 is 1.16 bits per heavy atom. The van der Waals surface area contributed by atoms with Gasteiger partial charge in [0.15, 0.2) is 0 Å². The minimum absolute atomic E-state index is 0.0337. The number of rotatable bonds is 9. The largest absolute Gasteiger partial charge is 0.490 e. The van der Waals surface area contributed by atoms with Crippen molar-refractivity contribution >= 4 is 28.5 Å². The number of hydrogen-bond acceptors (Lipinski definition) is 7. The molecule has 0 saturated heterocycles. The molecule has 0 aliphatic rings. The van der Waals surface area contributed by atoms with Crippen LogP contribution in [0.25, 0.3) is 6.08 Å². The van der Waals surface area contributed by atoms with Gasteiger partial charge in [-0.1, -0.05) is 48.1 Å². The van der Waals surface area contributed by atoms with Crippen molar-refractivity contribution in [3.8, 4) is 17.6 Å². The molecule has 32 heavy (non-hydrogen) atoms. The summed E-state index contributed by atoms with van der Waals surface area (Å²) in [5.74, 6) is 0.930. The molecule has 1 heterocycles. The monoisotopic (exact) mass is 448 g/mol. The van der Waals surface area contributed by atoms with E-state index >= 15 is 0 Å². The summed E-state index contributed by atoms with van der Waals surface area (Å²) in [5.41, 5.74) is 2.92. The van der Waals surface area contributed by atoms with Gasteiger partial charge in [0.1, 0.15) is 41.4 Å². The number of nitrogens with one attached hydrogen (secondary N) is 1. The Morgan fingerprint density at radius 2 is 1.97 bits per heavy atom. The number of nitriles is 1. The third kappa shape index (κ3) is 6.40. The quantitative estimate of drug-likeness (QED) is 0.289. The first-order valence-electron chi connectivity index (χ1n) is 10.2.